The smallest absolute Gasteiger partial charge is 0.309 e. The van der Waals surface area contributed by atoms with E-state index in [1.165, 1.54) is 0 Å². The van der Waals surface area contributed by atoms with Gasteiger partial charge in [0.15, 0.2) is 11.5 Å². The number of carbonyl (C=O) groups is 2. The van der Waals surface area contributed by atoms with Crippen LogP contribution in [-0.4, -0.2) is 63.7 Å². The molecule has 0 aliphatic rings. The standard InChI is InChI=1S/C21H35N3O4/c1-5-13-24(14-6-2)15-7-11-22-20(25)21(26)23-12-10-17-8-9-18(27-3)19(16-17)28-4/h8-9,16H,5-7,10-15H2,1-4H3,(H,22,25)(H,23,26). The molecule has 158 valence electrons. The fraction of sp³-hybridized carbons (Fsp3) is 0.619. The summed E-state index contributed by atoms with van der Waals surface area (Å²) in [5.41, 5.74) is 0.991. The van der Waals surface area contributed by atoms with Gasteiger partial charge in [-0.2, -0.15) is 0 Å². The second kappa shape index (κ2) is 13.8. The maximum Gasteiger partial charge on any atom is 0.309 e. The van der Waals surface area contributed by atoms with Crippen LogP contribution in [0.5, 0.6) is 11.5 Å². The molecule has 0 spiro atoms. The van der Waals surface area contributed by atoms with Gasteiger partial charge < -0.3 is 25.0 Å². The van der Waals surface area contributed by atoms with E-state index in [1.54, 1.807) is 14.2 Å². The Kier molecular flexibility index (Phi) is 11.7. The van der Waals surface area contributed by atoms with Gasteiger partial charge in [-0.25, -0.2) is 0 Å². The van der Waals surface area contributed by atoms with E-state index in [0.717, 1.165) is 44.5 Å². The summed E-state index contributed by atoms with van der Waals surface area (Å²) >= 11 is 0. The van der Waals surface area contributed by atoms with Gasteiger partial charge in [0.2, 0.25) is 0 Å². The van der Waals surface area contributed by atoms with E-state index < -0.39 is 11.8 Å². The minimum atomic E-state index is -0.598. The minimum absolute atomic E-state index is 0.377. The third-order valence-electron chi connectivity index (χ3n) is 4.37. The molecule has 1 aromatic carbocycles. The van der Waals surface area contributed by atoms with E-state index in [4.69, 9.17) is 9.47 Å². The predicted octanol–water partition coefficient (Wildman–Crippen LogP) is 1.99. The number of methoxy groups -OCH3 is 2. The zero-order valence-corrected chi connectivity index (χ0v) is 17.7. The molecule has 0 aliphatic heterocycles. The number of hydrogen-bond donors (Lipinski definition) is 2. The lowest BCUT2D eigenvalue weighted by atomic mass is 10.1. The Hall–Kier alpha value is -2.28. The van der Waals surface area contributed by atoms with Gasteiger partial charge in [-0.05, 0) is 63.0 Å². The second-order valence-electron chi connectivity index (χ2n) is 6.65. The SMILES string of the molecule is CCCN(CCC)CCCNC(=O)C(=O)NCCc1ccc(OC)c(OC)c1. The van der Waals surface area contributed by atoms with E-state index in [1.807, 2.05) is 18.2 Å². The van der Waals surface area contributed by atoms with Crippen LogP contribution in [0.2, 0.25) is 0 Å². The van der Waals surface area contributed by atoms with Crippen LogP contribution in [0.25, 0.3) is 0 Å². The first-order chi connectivity index (χ1) is 13.5. The molecule has 2 amide bonds. The monoisotopic (exact) mass is 393 g/mol. The van der Waals surface area contributed by atoms with Gasteiger partial charge in [-0.15, -0.1) is 0 Å². The number of amides is 2. The van der Waals surface area contributed by atoms with Crippen LogP contribution < -0.4 is 20.1 Å². The highest BCUT2D eigenvalue weighted by Gasteiger charge is 2.12. The van der Waals surface area contributed by atoms with Crippen LogP contribution in [0.1, 0.15) is 38.7 Å². The Balaban J connectivity index is 2.28. The number of hydrogen-bond acceptors (Lipinski definition) is 5. The average molecular weight is 394 g/mol. The lowest BCUT2D eigenvalue weighted by Crippen LogP contribution is -2.41. The molecular weight excluding hydrogens is 358 g/mol. The van der Waals surface area contributed by atoms with Crippen molar-refractivity contribution in [3.05, 3.63) is 23.8 Å². The van der Waals surface area contributed by atoms with Crippen LogP contribution in [-0.2, 0) is 16.0 Å². The van der Waals surface area contributed by atoms with E-state index in [-0.39, 0.29) is 0 Å². The van der Waals surface area contributed by atoms with Crippen molar-refractivity contribution in [1.82, 2.24) is 15.5 Å². The molecule has 0 aromatic heterocycles. The lowest BCUT2D eigenvalue weighted by Gasteiger charge is -2.20. The largest absolute Gasteiger partial charge is 0.493 e. The zero-order chi connectivity index (χ0) is 20.8. The normalized spacial score (nSPS) is 10.6. The summed E-state index contributed by atoms with van der Waals surface area (Å²) in [5, 5.41) is 5.34. The Bertz CT molecular complexity index is 601. The third kappa shape index (κ3) is 8.61. The summed E-state index contributed by atoms with van der Waals surface area (Å²) in [5.74, 6) is 0.125. The van der Waals surface area contributed by atoms with Gasteiger partial charge in [0.05, 0.1) is 14.2 Å². The first-order valence-corrected chi connectivity index (χ1v) is 10.0. The Labute approximate surface area is 168 Å². The molecule has 1 rings (SSSR count). The molecule has 2 N–H and O–H groups in total. The quantitative estimate of drug-likeness (QED) is 0.396. The molecule has 0 radical (unpaired) electrons. The van der Waals surface area contributed by atoms with Crippen molar-refractivity contribution in [1.29, 1.82) is 0 Å². The molecule has 1 aromatic rings. The van der Waals surface area contributed by atoms with Gasteiger partial charge in [0.25, 0.3) is 0 Å². The van der Waals surface area contributed by atoms with E-state index in [0.29, 0.717) is 31.0 Å². The van der Waals surface area contributed by atoms with Crippen LogP contribution in [0.4, 0.5) is 0 Å². The number of nitrogens with one attached hydrogen (secondary N) is 2. The van der Waals surface area contributed by atoms with Crippen molar-refractivity contribution in [2.75, 3.05) is 46.9 Å². The van der Waals surface area contributed by atoms with Crippen LogP contribution in [0.15, 0.2) is 18.2 Å². The molecule has 0 bridgehead atoms. The number of nitrogens with zero attached hydrogens (tertiary/aromatic N) is 1. The van der Waals surface area contributed by atoms with Crippen LogP contribution in [0.3, 0.4) is 0 Å². The average Bonchev–Trinajstić information content (AvgIpc) is 2.70. The fourth-order valence-corrected chi connectivity index (χ4v) is 2.99. The summed E-state index contributed by atoms with van der Waals surface area (Å²) in [6.07, 6.45) is 3.68. The lowest BCUT2D eigenvalue weighted by molar-refractivity contribution is -0.139. The minimum Gasteiger partial charge on any atom is -0.493 e. The maximum atomic E-state index is 11.9. The van der Waals surface area contributed by atoms with Gasteiger partial charge in [-0.1, -0.05) is 19.9 Å². The molecule has 7 heteroatoms. The van der Waals surface area contributed by atoms with Crippen molar-refractivity contribution in [3.8, 4) is 11.5 Å². The first kappa shape index (κ1) is 23.8. The van der Waals surface area contributed by atoms with Gasteiger partial charge in [-0.3, -0.25) is 9.59 Å². The molecular formula is C21H35N3O4. The van der Waals surface area contributed by atoms with Gasteiger partial charge in [0.1, 0.15) is 0 Å². The molecule has 0 unspecified atom stereocenters. The summed E-state index contributed by atoms with van der Waals surface area (Å²) in [6, 6.07) is 5.60. The number of ether oxygens (including phenoxy) is 2. The van der Waals surface area contributed by atoms with Gasteiger partial charge >= 0.3 is 11.8 Å². The van der Waals surface area contributed by atoms with Crippen LogP contribution >= 0.6 is 0 Å². The molecule has 28 heavy (non-hydrogen) atoms. The van der Waals surface area contributed by atoms with Gasteiger partial charge in [0, 0.05) is 13.1 Å². The molecule has 7 nitrogen and oxygen atoms in total. The Morgan fingerprint density at radius 3 is 2.07 bits per heavy atom. The predicted molar refractivity (Wildman–Crippen MR) is 111 cm³/mol. The van der Waals surface area contributed by atoms with Crippen molar-refractivity contribution in [3.63, 3.8) is 0 Å². The maximum absolute atomic E-state index is 11.9. The first-order valence-electron chi connectivity index (χ1n) is 10.0. The summed E-state index contributed by atoms with van der Waals surface area (Å²) in [7, 11) is 3.17. The van der Waals surface area contributed by atoms with Crippen molar-refractivity contribution in [2.24, 2.45) is 0 Å². The van der Waals surface area contributed by atoms with Crippen molar-refractivity contribution >= 4 is 11.8 Å². The highest BCUT2D eigenvalue weighted by molar-refractivity contribution is 6.35. The third-order valence-corrected chi connectivity index (χ3v) is 4.37. The second-order valence-corrected chi connectivity index (χ2v) is 6.65. The summed E-state index contributed by atoms with van der Waals surface area (Å²) in [4.78, 5) is 26.2. The molecule has 0 aliphatic carbocycles. The van der Waals surface area contributed by atoms with E-state index in [9.17, 15) is 9.59 Å². The zero-order valence-electron chi connectivity index (χ0n) is 17.7. The topological polar surface area (TPSA) is 79.9 Å². The fourth-order valence-electron chi connectivity index (χ4n) is 2.99. The number of benzene rings is 1. The summed E-state index contributed by atoms with van der Waals surface area (Å²) < 4.78 is 10.5. The Morgan fingerprint density at radius 1 is 0.893 bits per heavy atom. The van der Waals surface area contributed by atoms with E-state index in [2.05, 4.69) is 29.4 Å². The molecule has 0 fully saturated rings. The number of rotatable bonds is 13. The Morgan fingerprint density at radius 2 is 1.50 bits per heavy atom. The summed E-state index contributed by atoms with van der Waals surface area (Å²) in [6.45, 7) is 8.28. The van der Waals surface area contributed by atoms with Crippen molar-refractivity contribution in [2.45, 2.75) is 39.5 Å². The van der Waals surface area contributed by atoms with Crippen molar-refractivity contribution < 1.29 is 19.1 Å². The molecule has 0 heterocycles. The highest BCUT2D eigenvalue weighted by Crippen LogP contribution is 2.27. The highest BCUT2D eigenvalue weighted by atomic mass is 16.5. The molecule has 0 atom stereocenters. The number of carbonyl (C=O) groups excluding carboxylic acids is 2. The molecule has 0 saturated heterocycles. The van der Waals surface area contributed by atoms with Crippen LogP contribution in [0, 0.1) is 0 Å². The molecule has 0 saturated carbocycles. The van der Waals surface area contributed by atoms with E-state index >= 15 is 0 Å².